The number of hydrogen-bond donors (Lipinski definition) is 1. The SMILES string of the molecule is Cc1nc(N)ccc1Cl. The summed E-state index contributed by atoms with van der Waals surface area (Å²) >= 11 is 5.66. The lowest BCUT2D eigenvalue weighted by atomic mass is 10.4. The highest BCUT2D eigenvalue weighted by Crippen LogP contribution is 2.12. The Morgan fingerprint density at radius 1 is 1.56 bits per heavy atom. The van der Waals surface area contributed by atoms with Crippen molar-refractivity contribution in [3.8, 4) is 0 Å². The van der Waals surface area contributed by atoms with Crippen LogP contribution in [0.5, 0.6) is 0 Å². The van der Waals surface area contributed by atoms with Gasteiger partial charge in [-0.05, 0) is 19.1 Å². The summed E-state index contributed by atoms with van der Waals surface area (Å²) in [6, 6.07) is 3.41. The summed E-state index contributed by atoms with van der Waals surface area (Å²) in [7, 11) is 0. The first kappa shape index (κ1) is 6.36. The maximum Gasteiger partial charge on any atom is 0.123 e. The van der Waals surface area contributed by atoms with Crippen molar-refractivity contribution in [2.24, 2.45) is 0 Å². The number of hydrogen-bond acceptors (Lipinski definition) is 2. The highest BCUT2D eigenvalue weighted by molar-refractivity contribution is 6.31. The lowest BCUT2D eigenvalue weighted by Crippen LogP contribution is -1.90. The molecule has 2 nitrogen and oxygen atoms in total. The number of aromatic nitrogens is 1. The molecule has 0 saturated carbocycles. The van der Waals surface area contributed by atoms with Crippen LogP contribution in [0.4, 0.5) is 5.82 Å². The van der Waals surface area contributed by atoms with Crippen molar-refractivity contribution in [1.82, 2.24) is 4.98 Å². The van der Waals surface area contributed by atoms with Gasteiger partial charge in [-0.3, -0.25) is 0 Å². The van der Waals surface area contributed by atoms with Crippen LogP contribution in [0.3, 0.4) is 0 Å². The van der Waals surface area contributed by atoms with Gasteiger partial charge in [-0.2, -0.15) is 0 Å². The summed E-state index contributed by atoms with van der Waals surface area (Å²) in [5.74, 6) is 0.511. The Morgan fingerprint density at radius 2 is 2.22 bits per heavy atom. The van der Waals surface area contributed by atoms with Crippen LogP contribution in [0, 0.1) is 6.92 Å². The van der Waals surface area contributed by atoms with Crippen molar-refractivity contribution < 1.29 is 0 Å². The summed E-state index contributed by atoms with van der Waals surface area (Å²) in [6.07, 6.45) is 0. The fourth-order valence-corrected chi connectivity index (χ4v) is 0.669. The minimum Gasteiger partial charge on any atom is -0.384 e. The van der Waals surface area contributed by atoms with E-state index in [4.69, 9.17) is 17.3 Å². The van der Waals surface area contributed by atoms with Crippen LogP contribution in [0.2, 0.25) is 5.02 Å². The molecule has 0 fully saturated rings. The molecule has 1 rings (SSSR count). The molecule has 0 radical (unpaired) electrons. The van der Waals surface area contributed by atoms with Crippen molar-refractivity contribution in [3.05, 3.63) is 22.8 Å². The summed E-state index contributed by atoms with van der Waals surface area (Å²) in [6.45, 7) is 1.82. The van der Waals surface area contributed by atoms with Crippen LogP contribution in [0.1, 0.15) is 5.69 Å². The third kappa shape index (κ3) is 1.33. The van der Waals surface area contributed by atoms with Crippen molar-refractivity contribution >= 4 is 17.4 Å². The van der Waals surface area contributed by atoms with E-state index < -0.39 is 0 Å². The molecule has 48 valence electrons. The number of halogens is 1. The Bertz CT molecular complexity index is 222. The quantitative estimate of drug-likeness (QED) is 0.598. The van der Waals surface area contributed by atoms with Gasteiger partial charge in [0.1, 0.15) is 5.82 Å². The number of nitrogen functional groups attached to an aromatic ring is 1. The fraction of sp³-hybridized carbons (Fsp3) is 0.167. The van der Waals surface area contributed by atoms with E-state index in [-0.39, 0.29) is 0 Å². The summed E-state index contributed by atoms with van der Waals surface area (Å²) in [5, 5.41) is 0.657. The Morgan fingerprint density at radius 3 is 2.67 bits per heavy atom. The average Bonchev–Trinajstić information content (AvgIpc) is 1.80. The fourth-order valence-electron chi connectivity index (χ4n) is 0.563. The normalized spacial score (nSPS) is 9.56. The molecule has 1 heterocycles. The summed E-state index contributed by atoms with van der Waals surface area (Å²) in [4.78, 5) is 3.92. The molecule has 9 heavy (non-hydrogen) atoms. The van der Waals surface area contributed by atoms with E-state index in [2.05, 4.69) is 4.98 Å². The van der Waals surface area contributed by atoms with Crippen LogP contribution in [0.25, 0.3) is 0 Å². The van der Waals surface area contributed by atoms with Gasteiger partial charge >= 0.3 is 0 Å². The third-order valence-corrected chi connectivity index (χ3v) is 1.44. The maximum atomic E-state index is 5.66. The standard InChI is InChI=1S/C6H7ClN2/c1-4-5(7)2-3-6(8)9-4/h2-3H,1H3,(H2,8,9). The second-order valence-electron chi connectivity index (χ2n) is 1.80. The van der Waals surface area contributed by atoms with Crippen LogP contribution in [0.15, 0.2) is 12.1 Å². The predicted molar refractivity (Wildman–Crippen MR) is 38.4 cm³/mol. The Labute approximate surface area is 58.7 Å². The number of rotatable bonds is 0. The molecule has 0 atom stereocenters. The molecule has 0 aliphatic heterocycles. The predicted octanol–water partition coefficient (Wildman–Crippen LogP) is 1.63. The molecule has 0 aliphatic rings. The van der Waals surface area contributed by atoms with Gasteiger partial charge in [0.15, 0.2) is 0 Å². The largest absolute Gasteiger partial charge is 0.384 e. The molecule has 0 bridgehead atoms. The van der Waals surface area contributed by atoms with Crippen LogP contribution >= 0.6 is 11.6 Å². The lowest BCUT2D eigenvalue weighted by molar-refractivity contribution is 1.21. The van der Waals surface area contributed by atoms with Crippen LogP contribution < -0.4 is 5.73 Å². The number of pyridine rings is 1. The van der Waals surface area contributed by atoms with E-state index in [1.165, 1.54) is 0 Å². The van der Waals surface area contributed by atoms with Gasteiger partial charge in [-0.25, -0.2) is 4.98 Å². The molecule has 0 aliphatic carbocycles. The molecule has 3 heteroatoms. The number of nitrogens with zero attached hydrogens (tertiary/aromatic N) is 1. The first-order valence-corrected chi connectivity index (χ1v) is 2.96. The second-order valence-corrected chi connectivity index (χ2v) is 2.21. The molecule has 0 saturated heterocycles. The smallest absolute Gasteiger partial charge is 0.123 e. The van der Waals surface area contributed by atoms with Crippen molar-refractivity contribution in [2.75, 3.05) is 5.73 Å². The van der Waals surface area contributed by atoms with Crippen LogP contribution in [-0.2, 0) is 0 Å². The number of anilines is 1. The number of aryl methyl sites for hydroxylation is 1. The van der Waals surface area contributed by atoms with E-state index in [1.807, 2.05) is 6.92 Å². The van der Waals surface area contributed by atoms with E-state index in [9.17, 15) is 0 Å². The summed E-state index contributed by atoms with van der Waals surface area (Å²) in [5.41, 5.74) is 6.13. The van der Waals surface area contributed by atoms with E-state index >= 15 is 0 Å². The maximum absolute atomic E-state index is 5.66. The summed E-state index contributed by atoms with van der Waals surface area (Å²) < 4.78 is 0. The third-order valence-electron chi connectivity index (χ3n) is 1.04. The van der Waals surface area contributed by atoms with Crippen LogP contribution in [-0.4, -0.2) is 4.98 Å². The Balaban J connectivity index is 3.17. The first-order valence-electron chi connectivity index (χ1n) is 2.59. The van der Waals surface area contributed by atoms with Gasteiger partial charge in [-0.15, -0.1) is 0 Å². The molecule has 0 spiro atoms. The van der Waals surface area contributed by atoms with Gasteiger partial charge in [0, 0.05) is 0 Å². The molecule has 0 amide bonds. The Hall–Kier alpha value is -0.760. The van der Waals surface area contributed by atoms with Gasteiger partial charge < -0.3 is 5.73 Å². The van der Waals surface area contributed by atoms with Gasteiger partial charge in [-0.1, -0.05) is 11.6 Å². The zero-order valence-electron chi connectivity index (χ0n) is 5.06. The zero-order valence-corrected chi connectivity index (χ0v) is 5.81. The first-order chi connectivity index (χ1) is 4.20. The monoisotopic (exact) mass is 142 g/mol. The highest BCUT2D eigenvalue weighted by Gasteiger charge is 1.93. The average molecular weight is 143 g/mol. The minimum atomic E-state index is 0.511. The van der Waals surface area contributed by atoms with E-state index in [0.29, 0.717) is 10.8 Å². The molecular weight excluding hydrogens is 136 g/mol. The van der Waals surface area contributed by atoms with E-state index in [0.717, 1.165) is 5.69 Å². The molecule has 1 aromatic rings. The molecule has 0 aromatic carbocycles. The molecular formula is C6H7ClN2. The minimum absolute atomic E-state index is 0.511. The zero-order chi connectivity index (χ0) is 6.85. The molecule has 2 N–H and O–H groups in total. The van der Waals surface area contributed by atoms with Gasteiger partial charge in [0.2, 0.25) is 0 Å². The van der Waals surface area contributed by atoms with Crippen molar-refractivity contribution in [3.63, 3.8) is 0 Å². The van der Waals surface area contributed by atoms with E-state index in [1.54, 1.807) is 12.1 Å². The highest BCUT2D eigenvalue weighted by atomic mass is 35.5. The van der Waals surface area contributed by atoms with Crippen molar-refractivity contribution in [1.29, 1.82) is 0 Å². The van der Waals surface area contributed by atoms with Gasteiger partial charge in [0.05, 0.1) is 10.7 Å². The topological polar surface area (TPSA) is 38.9 Å². The molecule has 0 unspecified atom stereocenters. The van der Waals surface area contributed by atoms with Gasteiger partial charge in [0.25, 0.3) is 0 Å². The number of nitrogens with two attached hydrogens (primary N) is 1. The Kier molecular flexibility index (Phi) is 1.58. The second kappa shape index (κ2) is 2.23. The van der Waals surface area contributed by atoms with Crippen molar-refractivity contribution in [2.45, 2.75) is 6.92 Å². The lowest BCUT2D eigenvalue weighted by Gasteiger charge is -1.95. The molecule has 1 aromatic heterocycles.